The van der Waals surface area contributed by atoms with Crippen LogP contribution in [-0.4, -0.2) is 0 Å². The second-order valence-corrected chi connectivity index (χ2v) is 6.47. The van der Waals surface area contributed by atoms with Gasteiger partial charge in [0.1, 0.15) is 0 Å². The van der Waals surface area contributed by atoms with E-state index in [1.54, 1.807) is 0 Å². The fourth-order valence-corrected chi connectivity index (χ4v) is 3.12. The average molecular weight is 274 g/mol. The summed E-state index contributed by atoms with van der Waals surface area (Å²) in [5, 5.41) is 2.72. The Balaban J connectivity index is 2.24. The van der Waals surface area contributed by atoms with Crippen LogP contribution in [0.4, 0.5) is 0 Å². The number of hydrogen-bond acceptors (Lipinski definition) is 0. The summed E-state index contributed by atoms with van der Waals surface area (Å²) in [6.07, 6.45) is 0. The van der Waals surface area contributed by atoms with Crippen LogP contribution in [0.15, 0.2) is 60.7 Å². The van der Waals surface area contributed by atoms with E-state index in [4.69, 9.17) is 0 Å². The lowest BCUT2D eigenvalue weighted by Crippen LogP contribution is -2.19. The molecule has 0 bridgehead atoms. The first-order valence-corrected chi connectivity index (χ1v) is 7.56. The van der Waals surface area contributed by atoms with Gasteiger partial charge >= 0.3 is 0 Å². The van der Waals surface area contributed by atoms with Gasteiger partial charge in [0.2, 0.25) is 0 Å². The molecule has 0 unspecified atom stereocenters. The Bertz CT molecular complexity index is 777. The van der Waals surface area contributed by atoms with Crippen molar-refractivity contribution in [1.82, 2.24) is 0 Å². The molecule has 0 aliphatic rings. The minimum Gasteiger partial charge on any atom is -0.0616 e. The van der Waals surface area contributed by atoms with Crippen LogP contribution in [-0.2, 0) is 5.41 Å². The molecule has 0 fully saturated rings. The molecule has 21 heavy (non-hydrogen) atoms. The Morgan fingerprint density at radius 3 is 1.95 bits per heavy atom. The largest absolute Gasteiger partial charge is 0.0616 e. The van der Waals surface area contributed by atoms with E-state index in [-0.39, 0.29) is 5.41 Å². The summed E-state index contributed by atoms with van der Waals surface area (Å²) in [6, 6.07) is 22.2. The van der Waals surface area contributed by atoms with Gasteiger partial charge in [0.15, 0.2) is 0 Å². The molecule has 106 valence electrons. The number of rotatable bonds is 2. The Kier molecular flexibility index (Phi) is 3.33. The SMILES string of the molecule is Cc1ccc(C(C)(C)c2ccc(C)c3ccccc23)cc1. The van der Waals surface area contributed by atoms with Gasteiger partial charge in [-0.05, 0) is 41.3 Å². The smallest absolute Gasteiger partial charge is 0.0152 e. The highest BCUT2D eigenvalue weighted by atomic mass is 14.3. The standard InChI is InChI=1S/C21H22/c1-15-9-12-17(13-10-15)21(3,4)20-14-11-16(2)18-7-5-6-8-19(18)20/h5-14H,1-4H3. The molecule has 0 atom stereocenters. The van der Waals surface area contributed by atoms with Crippen molar-refractivity contribution in [3.8, 4) is 0 Å². The topological polar surface area (TPSA) is 0 Å². The molecule has 0 N–H and O–H groups in total. The van der Waals surface area contributed by atoms with Crippen LogP contribution in [0, 0.1) is 13.8 Å². The van der Waals surface area contributed by atoms with E-state index in [1.807, 2.05) is 0 Å². The maximum atomic E-state index is 2.31. The lowest BCUT2D eigenvalue weighted by Gasteiger charge is -2.28. The summed E-state index contributed by atoms with van der Waals surface area (Å²) in [4.78, 5) is 0. The van der Waals surface area contributed by atoms with E-state index < -0.39 is 0 Å². The van der Waals surface area contributed by atoms with E-state index in [9.17, 15) is 0 Å². The highest BCUT2D eigenvalue weighted by molar-refractivity contribution is 5.89. The van der Waals surface area contributed by atoms with E-state index >= 15 is 0 Å². The molecular weight excluding hydrogens is 252 g/mol. The van der Waals surface area contributed by atoms with Crippen molar-refractivity contribution >= 4 is 10.8 Å². The van der Waals surface area contributed by atoms with E-state index in [0.29, 0.717) is 0 Å². The summed E-state index contributed by atoms with van der Waals surface area (Å²) in [7, 11) is 0. The summed E-state index contributed by atoms with van der Waals surface area (Å²) in [6.45, 7) is 8.95. The third-order valence-corrected chi connectivity index (χ3v) is 4.59. The van der Waals surface area contributed by atoms with Gasteiger partial charge in [-0.25, -0.2) is 0 Å². The van der Waals surface area contributed by atoms with Crippen LogP contribution in [0.3, 0.4) is 0 Å². The zero-order valence-corrected chi connectivity index (χ0v) is 13.3. The van der Waals surface area contributed by atoms with Crippen molar-refractivity contribution in [2.75, 3.05) is 0 Å². The molecule has 3 aromatic rings. The molecule has 0 nitrogen and oxygen atoms in total. The molecule has 0 radical (unpaired) electrons. The van der Waals surface area contributed by atoms with Gasteiger partial charge in [-0.2, -0.15) is 0 Å². The molecule has 0 saturated heterocycles. The number of hydrogen-bond donors (Lipinski definition) is 0. The second kappa shape index (κ2) is 5.04. The molecule has 0 aliphatic carbocycles. The third-order valence-electron chi connectivity index (χ3n) is 4.59. The van der Waals surface area contributed by atoms with Gasteiger partial charge in [0.05, 0.1) is 0 Å². The molecule has 0 aliphatic heterocycles. The van der Waals surface area contributed by atoms with Crippen LogP contribution in [0.5, 0.6) is 0 Å². The summed E-state index contributed by atoms with van der Waals surface area (Å²) in [5.74, 6) is 0. The molecule has 0 saturated carbocycles. The van der Waals surface area contributed by atoms with Gasteiger partial charge in [-0.1, -0.05) is 80.1 Å². The summed E-state index contributed by atoms with van der Waals surface area (Å²) >= 11 is 0. The Morgan fingerprint density at radius 1 is 0.667 bits per heavy atom. The lowest BCUT2D eigenvalue weighted by molar-refractivity contribution is 0.646. The average Bonchev–Trinajstić information content (AvgIpc) is 2.48. The van der Waals surface area contributed by atoms with E-state index in [2.05, 4.69) is 88.4 Å². The normalized spacial score (nSPS) is 11.8. The van der Waals surface area contributed by atoms with Crippen LogP contribution >= 0.6 is 0 Å². The molecule has 0 heterocycles. The van der Waals surface area contributed by atoms with Gasteiger partial charge in [-0.3, -0.25) is 0 Å². The minimum atomic E-state index is 0.000995. The van der Waals surface area contributed by atoms with Crippen molar-refractivity contribution in [2.24, 2.45) is 0 Å². The number of fused-ring (bicyclic) bond motifs is 1. The maximum Gasteiger partial charge on any atom is 0.0152 e. The molecular formula is C21H22. The highest BCUT2D eigenvalue weighted by Crippen LogP contribution is 2.36. The van der Waals surface area contributed by atoms with Crippen molar-refractivity contribution in [1.29, 1.82) is 0 Å². The van der Waals surface area contributed by atoms with Crippen molar-refractivity contribution < 1.29 is 0 Å². The first kappa shape index (κ1) is 13.9. The molecule has 3 rings (SSSR count). The van der Waals surface area contributed by atoms with Gasteiger partial charge in [-0.15, -0.1) is 0 Å². The highest BCUT2D eigenvalue weighted by Gasteiger charge is 2.25. The van der Waals surface area contributed by atoms with Gasteiger partial charge in [0.25, 0.3) is 0 Å². The van der Waals surface area contributed by atoms with Crippen molar-refractivity contribution in [3.05, 3.63) is 82.9 Å². The zero-order valence-electron chi connectivity index (χ0n) is 13.3. The van der Waals surface area contributed by atoms with E-state index in [1.165, 1.54) is 33.0 Å². The quantitative estimate of drug-likeness (QED) is 0.555. The fraction of sp³-hybridized carbons (Fsp3) is 0.238. The molecule has 3 aromatic carbocycles. The molecule has 0 spiro atoms. The zero-order chi connectivity index (χ0) is 15.0. The predicted octanol–water partition coefficient (Wildman–Crippen LogP) is 5.78. The predicted molar refractivity (Wildman–Crippen MR) is 92.0 cm³/mol. The minimum absolute atomic E-state index is 0.000995. The van der Waals surface area contributed by atoms with Crippen molar-refractivity contribution in [2.45, 2.75) is 33.1 Å². The van der Waals surface area contributed by atoms with E-state index in [0.717, 1.165) is 0 Å². The van der Waals surface area contributed by atoms with Crippen LogP contribution in [0.1, 0.15) is 36.1 Å². The van der Waals surface area contributed by atoms with Gasteiger partial charge in [0, 0.05) is 5.41 Å². The molecule has 0 aromatic heterocycles. The Hall–Kier alpha value is -2.08. The fourth-order valence-electron chi connectivity index (χ4n) is 3.12. The number of aryl methyl sites for hydroxylation is 2. The molecule has 0 amide bonds. The van der Waals surface area contributed by atoms with Crippen LogP contribution in [0.25, 0.3) is 10.8 Å². The second-order valence-electron chi connectivity index (χ2n) is 6.47. The Labute approximate surface area is 127 Å². The summed E-state index contributed by atoms with van der Waals surface area (Å²) < 4.78 is 0. The van der Waals surface area contributed by atoms with Crippen LogP contribution in [0.2, 0.25) is 0 Å². The molecule has 0 heteroatoms. The first-order chi connectivity index (χ1) is 10.00. The monoisotopic (exact) mass is 274 g/mol. The van der Waals surface area contributed by atoms with Crippen molar-refractivity contribution in [3.63, 3.8) is 0 Å². The third kappa shape index (κ3) is 2.35. The first-order valence-electron chi connectivity index (χ1n) is 7.56. The van der Waals surface area contributed by atoms with Gasteiger partial charge < -0.3 is 0 Å². The lowest BCUT2D eigenvalue weighted by atomic mass is 9.75. The summed E-state index contributed by atoms with van der Waals surface area (Å²) in [5.41, 5.74) is 5.41. The Morgan fingerprint density at radius 2 is 1.29 bits per heavy atom. The number of benzene rings is 3. The maximum absolute atomic E-state index is 2.31. The van der Waals surface area contributed by atoms with Crippen LogP contribution < -0.4 is 0 Å².